The highest BCUT2D eigenvalue weighted by Gasteiger charge is 2.13. The van der Waals surface area contributed by atoms with Gasteiger partial charge in [0, 0.05) is 18.8 Å². The Morgan fingerprint density at radius 1 is 1.00 bits per heavy atom. The fraction of sp³-hybridized carbons (Fsp3) is 0.250. The minimum absolute atomic E-state index is 0.441. The van der Waals surface area contributed by atoms with Crippen molar-refractivity contribution in [3.63, 3.8) is 0 Å². The molecule has 0 atom stereocenters. The molecule has 0 aliphatic carbocycles. The second-order valence-electron chi connectivity index (χ2n) is 5.08. The molecule has 2 amide bonds. The van der Waals surface area contributed by atoms with Crippen molar-refractivity contribution in [3.8, 4) is 0 Å². The van der Waals surface area contributed by atoms with Gasteiger partial charge in [-0.15, -0.1) is 0 Å². The zero-order chi connectivity index (χ0) is 15.2. The smallest absolute Gasteiger partial charge is 0.313 e. The van der Waals surface area contributed by atoms with Crippen LogP contribution in [0.15, 0.2) is 42.5 Å². The van der Waals surface area contributed by atoms with Gasteiger partial charge in [0.05, 0.1) is 0 Å². The highest BCUT2D eigenvalue weighted by Crippen LogP contribution is 2.18. The van der Waals surface area contributed by atoms with Crippen LogP contribution in [0.3, 0.4) is 0 Å². The number of hydrogen-bond acceptors (Lipinski definition) is 3. The molecule has 5 heteroatoms. The van der Waals surface area contributed by atoms with Crippen LogP contribution >= 0.6 is 0 Å². The zero-order valence-corrected chi connectivity index (χ0v) is 12.2. The van der Waals surface area contributed by atoms with E-state index in [0.717, 1.165) is 10.8 Å². The lowest BCUT2D eigenvalue weighted by Gasteiger charge is -2.10. The third-order valence-corrected chi connectivity index (χ3v) is 3.06. The Labute approximate surface area is 123 Å². The van der Waals surface area contributed by atoms with Gasteiger partial charge in [-0.25, -0.2) is 0 Å². The Balaban J connectivity index is 1.95. The molecule has 5 nitrogen and oxygen atoms in total. The minimum atomic E-state index is -0.649. The molecule has 21 heavy (non-hydrogen) atoms. The fourth-order valence-electron chi connectivity index (χ4n) is 1.93. The number of carbonyl (C=O) groups excluding carboxylic acids is 2. The number of nitrogens with zero attached hydrogens (tertiary/aromatic N) is 1. The van der Waals surface area contributed by atoms with E-state index in [0.29, 0.717) is 18.8 Å². The Bertz CT molecular complexity index is 653. The number of carbonyl (C=O) groups is 2. The van der Waals surface area contributed by atoms with Gasteiger partial charge in [-0.2, -0.15) is 0 Å². The first-order chi connectivity index (χ1) is 10.1. The number of nitrogens with one attached hydrogen (secondary N) is 2. The summed E-state index contributed by atoms with van der Waals surface area (Å²) >= 11 is 0. The number of benzene rings is 2. The molecule has 0 radical (unpaired) electrons. The summed E-state index contributed by atoms with van der Waals surface area (Å²) in [6.45, 7) is 1.13. The summed E-state index contributed by atoms with van der Waals surface area (Å²) in [4.78, 5) is 25.4. The van der Waals surface area contributed by atoms with Crippen molar-refractivity contribution < 1.29 is 9.59 Å². The summed E-state index contributed by atoms with van der Waals surface area (Å²) in [7, 11) is 3.81. The third kappa shape index (κ3) is 4.29. The van der Waals surface area contributed by atoms with Crippen molar-refractivity contribution >= 4 is 28.3 Å². The Kier molecular flexibility index (Phi) is 4.90. The number of fused-ring (bicyclic) bond motifs is 1. The second-order valence-corrected chi connectivity index (χ2v) is 5.08. The zero-order valence-electron chi connectivity index (χ0n) is 12.2. The molecule has 0 saturated carbocycles. The Morgan fingerprint density at radius 2 is 1.71 bits per heavy atom. The van der Waals surface area contributed by atoms with Crippen LogP contribution in [0.25, 0.3) is 10.8 Å². The van der Waals surface area contributed by atoms with E-state index in [2.05, 4.69) is 10.6 Å². The molecule has 0 bridgehead atoms. The lowest BCUT2D eigenvalue weighted by atomic mass is 10.1. The number of amides is 2. The molecule has 0 heterocycles. The van der Waals surface area contributed by atoms with E-state index in [4.69, 9.17) is 0 Å². The standard InChI is InChI=1S/C16H19N3O2/c1-19(2)10-9-17-15(20)16(21)18-14-8-7-12-5-3-4-6-13(12)11-14/h3-8,11H,9-10H2,1-2H3,(H,17,20)(H,18,21). The van der Waals surface area contributed by atoms with Crippen molar-refractivity contribution in [2.24, 2.45) is 0 Å². The minimum Gasteiger partial charge on any atom is -0.347 e. The van der Waals surface area contributed by atoms with Crippen LogP contribution in [-0.4, -0.2) is 43.9 Å². The summed E-state index contributed by atoms with van der Waals surface area (Å²) in [5.41, 5.74) is 0.612. The summed E-state index contributed by atoms with van der Waals surface area (Å²) in [5.74, 6) is -1.27. The molecule has 0 aromatic heterocycles. The highest BCUT2D eigenvalue weighted by atomic mass is 16.2. The van der Waals surface area contributed by atoms with Crippen LogP contribution in [0.1, 0.15) is 0 Å². The molecule has 2 aromatic rings. The quantitative estimate of drug-likeness (QED) is 0.836. The monoisotopic (exact) mass is 285 g/mol. The van der Waals surface area contributed by atoms with E-state index in [-0.39, 0.29) is 0 Å². The summed E-state index contributed by atoms with van der Waals surface area (Å²) in [5, 5.41) is 7.29. The molecule has 0 aliphatic heterocycles. The van der Waals surface area contributed by atoms with Crippen molar-refractivity contribution in [2.75, 3.05) is 32.5 Å². The largest absolute Gasteiger partial charge is 0.347 e. The van der Waals surface area contributed by atoms with Gasteiger partial charge in [0.2, 0.25) is 0 Å². The van der Waals surface area contributed by atoms with E-state index in [1.165, 1.54) is 0 Å². The molecule has 0 fully saturated rings. The van der Waals surface area contributed by atoms with Crippen LogP contribution in [-0.2, 0) is 9.59 Å². The lowest BCUT2D eigenvalue weighted by Crippen LogP contribution is -2.38. The van der Waals surface area contributed by atoms with E-state index >= 15 is 0 Å². The van der Waals surface area contributed by atoms with Crippen molar-refractivity contribution in [1.29, 1.82) is 0 Å². The summed E-state index contributed by atoms with van der Waals surface area (Å²) in [6.07, 6.45) is 0. The molecule has 2 aromatic carbocycles. The van der Waals surface area contributed by atoms with E-state index in [1.54, 1.807) is 6.07 Å². The second kappa shape index (κ2) is 6.85. The van der Waals surface area contributed by atoms with Crippen LogP contribution in [0.2, 0.25) is 0 Å². The van der Waals surface area contributed by atoms with Gasteiger partial charge in [0.1, 0.15) is 0 Å². The fourth-order valence-corrected chi connectivity index (χ4v) is 1.93. The lowest BCUT2D eigenvalue weighted by molar-refractivity contribution is -0.136. The van der Waals surface area contributed by atoms with E-state index in [1.807, 2.05) is 55.4 Å². The first-order valence-corrected chi connectivity index (χ1v) is 6.79. The number of anilines is 1. The van der Waals surface area contributed by atoms with Gasteiger partial charge in [-0.1, -0.05) is 30.3 Å². The SMILES string of the molecule is CN(C)CCNC(=O)C(=O)Nc1ccc2ccccc2c1. The summed E-state index contributed by atoms with van der Waals surface area (Å²) in [6, 6.07) is 13.4. The van der Waals surface area contributed by atoms with Crippen molar-refractivity contribution in [1.82, 2.24) is 10.2 Å². The van der Waals surface area contributed by atoms with Crippen LogP contribution in [0, 0.1) is 0 Å². The molecule has 0 saturated heterocycles. The van der Waals surface area contributed by atoms with Crippen LogP contribution in [0.4, 0.5) is 5.69 Å². The average molecular weight is 285 g/mol. The van der Waals surface area contributed by atoms with Gasteiger partial charge < -0.3 is 15.5 Å². The van der Waals surface area contributed by atoms with Gasteiger partial charge in [-0.3, -0.25) is 9.59 Å². The number of hydrogen-bond donors (Lipinski definition) is 2. The van der Waals surface area contributed by atoms with Gasteiger partial charge in [0.15, 0.2) is 0 Å². The molecule has 0 spiro atoms. The predicted octanol–water partition coefficient (Wildman–Crippen LogP) is 1.46. The maximum absolute atomic E-state index is 11.8. The normalized spacial score (nSPS) is 10.6. The topological polar surface area (TPSA) is 61.4 Å². The van der Waals surface area contributed by atoms with Gasteiger partial charge in [0.25, 0.3) is 0 Å². The van der Waals surface area contributed by atoms with E-state index in [9.17, 15) is 9.59 Å². The molecule has 2 N–H and O–H groups in total. The van der Waals surface area contributed by atoms with Crippen LogP contribution < -0.4 is 10.6 Å². The van der Waals surface area contributed by atoms with Crippen molar-refractivity contribution in [3.05, 3.63) is 42.5 Å². The van der Waals surface area contributed by atoms with Crippen LogP contribution in [0.5, 0.6) is 0 Å². The molecule has 0 unspecified atom stereocenters. The van der Waals surface area contributed by atoms with Gasteiger partial charge >= 0.3 is 11.8 Å². The molecule has 2 rings (SSSR count). The van der Waals surface area contributed by atoms with Gasteiger partial charge in [-0.05, 0) is 37.0 Å². The Morgan fingerprint density at radius 3 is 2.43 bits per heavy atom. The molecule has 0 aliphatic rings. The molecule has 110 valence electrons. The average Bonchev–Trinajstić information content (AvgIpc) is 2.46. The van der Waals surface area contributed by atoms with Crippen molar-refractivity contribution in [2.45, 2.75) is 0 Å². The Hall–Kier alpha value is -2.40. The maximum Gasteiger partial charge on any atom is 0.313 e. The number of rotatable bonds is 4. The molecular formula is C16H19N3O2. The third-order valence-electron chi connectivity index (χ3n) is 3.06. The molecular weight excluding hydrogens is 266 g/mol. The number of likely N-dealkylation sites (N-methyl/N-ethyl adjacent to an activating group) is 1. The summed E-state index contributed by atoms with van der Waals surface area (Å²) < 4.78 is 0. The maximum atomic E-state index is 11.8. The highest BCUT2D eigenvalue weighted by molar-refractivity contribution is 6.39. The first kappa shape index (κ1) is 15.0. The first-order valence-electron chi connectivity index (χ1n) is 6.79. The predicted molar refractivity (Wildman–Crippen MR) is 84.1 cm³/mol. The van der Waals surface area contributed by atoms with E-state index < -0.39 is 11.8 Å².